The van der Waals surface area contributed by atoms with E-state index in [1.165, 1.54) is 79.9 Å². The van der Waals surface area contributed by atoms with Crippen LogP contribution >= 0.6 is 34.8 Å². The van der Waals surface area contributed by atoms with Crippen molar-refractivity contribution in [3.63, 3.8) is 0 Å². The number of esters is 4. The standard InChI is InChI=1S/C28H25Cl3FNO10S.C23H26FNO7/c1-40-33-12-23(32)26(42-28(37)19-8-4-17(14-35)5-9-19)24(15-41-27(36)18-6-2-16(13-34)3-7-18)43-44(38,39)25-11-21(30)20(29)10-22(25)31;1-15(14-31-22(28)18-7-3-16(12-26)4-8-18)21(20(24)11-25-30-2)32-23(29)19-9-5-17(13-27)6-10-19/h2-12,23-24,26,34-35H,13-15H2,1H3;3-11,15,20-21,26-27H,12-14H2,1-2H3/t23-,24-,26+;15-,20+,21+/m10/s1. The monoisotopic (exact) mass is 1140 g/mol. The molecular weight excluding hydrogens is 1090 g/mol. The Labute approximate surface area is 450 Å². The summed E-state index contributed by atoms with van der Waals surface area (Å²) in [6.45, 7) is -0.521. The van der Waals surface area contributed by atoms with E-state index < -0.39 is 87.1 Å². The molecule has 0 radical (unpaired) electrons. The molecule has 0 aliphatic rings. The molecule has 0 unspecified atom stereocenters. The Hall–Kier alpha value is -6.60. The SMILES string of the molecule is CON=C[C@@H](F)[C@H](OC(=O)c1ccc(CO)cc1)[C@@H](C)COC(=O)c1ccc(CO)cc1.CON=C[C@@H](F)[C@H](OC(=O)c1ccc(CO)cc1)[C@@H](COC(=O)c1ccc(CO)cc1)OS(=O)(=O)c1cc(Cl)c(Cl)cc1Cl. The first-order chi connectivity index (χ1) is 36.3. The number of benzene rings is 5. The number of hydrogen-bond donors (Lipinski definition) is 4. The van der Waals surface area contributed by atoms with Crippen LogP contribution in [0.1, 0.15) is 70.6 Å². The molecule has 0 fully saturated rings. The van der Waals surface area contributed by atoms with Gasteiger partial charge in [-0.15, -0.1) is 0 Å². The van der Waals surface area contributed by atoms with Crippen molar-refractivity contribution in [2.75, 3.05) is 27.4 Å². The van der Waals surface area contributed by atoms with Crippen LogP contribution in [0, 0.1) is 5.92 Å². The third kappa shape index (κ3) is 18.6. The Morgan fingerprint density at radius 2 is 0.882 bits per heavy atom. The molecule has 0 spiro atoms. The maximum absolute atomic E-state index is 15.6. The highest BCUT2D eigenvalue weighted by atomic mass is 35.5. The number of aliphatic hydroxyl groups is 4. The van der Waals surface area contributed by atoms with Gasteiger partial charge in [-0.25, -0.2) is 28.0 Å². The van der Waals surface area contributed by atoms with Crippen molar-refractivity contribution in [3.8, 4) is 0 Å². The van der Waals surface area contributed by atoms with Gasteiger partial charge in [-0.1, -0.05) is 101 Å². The summed E-state index contributed by atoms with van der Waals surface area (Å²) in [6.07, 6.45) is -8.15. The lowest BCUT2D eigenvalue weighted by molar-refractivity contribution is -0.0478. The molecule has 0 heterocycles. The smallest absolute Gasteiger partial charge is 0.338 e. The van der Waals surface area contributed by atoms with Gasteiger partial charge in [0.15, 0.2) is 24.6 Å². The number of alkyl halides is 2. The molecular formula is C51H51Cl3F2N2O17S. The summed E-state index contributed by atoms with van der Waals surface area (Å²) in [5.41, 5.74) is 2.60. The number of hydrogen-bond acceptors (Lipinski definition) is 19. The fraction of sp³-hybridized carbons (Fsp3) is 0.294. The number of nitrogens with zero attached hydrogens (tertiary/aromatic N) is 2. The minimum Gasteiger partial charge on any atom is -0.462 e. The molecule has 25 heteroatoms. The highest BCUT2D eigenvalue weighted by Crippen LogP contribution is 2.34. The van der Waals surface area contributed by atoms with E-state index >= 15 is 4.39 Å². The lowest BCUT2D eigenvalue weighted by Gasteiger charge is -2.27. The summed E-state index contributed by atoms with van der Waals surface area (Å²) in [4.78, 5) is 58.9. The van der Waals surface area contributed by atoms with E-state index in [-0.39, 0.29) is 65.3 Å². The molecule has 0 aliphatic heterocycles. The van der Waals surface area contributed by atoms with E-state index in [0.717, 1.165) is 25.5 Å². The van der Waals surface area contributed by atoms with Gasteiger partial charge in [-0.3, -0.25) is 4.18 Å². The summed E-state index contributed by atoms with van der Waals surface area (Å²) in [7, 11) is -2.55. The number of ether oxygens (including phenoxy) is 4. The zero-order valence-electron chi connectivity index (χ0n) is 40.5. The second-order valence-electron chi connectivity index (χ2n) is 15.9. The van der Waals surface area contributed by atoms with Crippen LogP contribution in [-0.2, 0) is 69.4 Å². The third-order valence-electron chi connectivity index (χ3n) is 10.5. The van der Waals surface area contributed by atoms with E-state index in [1.54, 1.807) is 31.2 Å². The van der Waals surface area contributed by atoms with Crippen molar-refractivity contribution in [3.05, 3.63) is 169 Å². The molecule has 76 heavy (non-hydrogen) atoms. The van der Waals surface area contributed by atoms with Crippen molar-refractivity contribution in [1.29, 1.82) is 0 Å². The fourth-order valence-corrected chi connectivity index (χ4v) is 8.38. The van der Waals surface area contributed by atoms with Crippen molar-refractivity contribution >= 4 is 81.2 Å². The summed E-state index contributed by atoms with van der Waals surface area (Å²) < 4.78 is 83.5. The summed E-state index contributed by atoms with van der Waals surface area (Å²) in [6, 6.07) is 25.2. The average molecular weight is 1140 g/mol. The summed E-state index contributed by atoms with van der Waals surface area (Å²) >= 11 is 18.0. The van der Waals surface area contributed by atoms with Gasteiger partial charge in [-0.05, 0) is 82.9 Å². The predicted octanol–water partition coefficient (Wildman–Crippen LogP) is 7.42. The average Bonchev–Trinajstić information content (AvgIpc) is 3.43. The van der Waals surface area contributed by atoms with Gasteiger partial charge in [0.25, 0.3) is 10.1 Å². The van der Waals surface area contributed by atoms with Crippen LogP contribution in [0.2, 0.25) is 15.1 Å². The molecule has 0 saturated carbocycles. The minimum atomic E-state index is -4.92. The van der Waals surface area contributed by atoms with Crippen LogP contribution < -0.4 is 0 Å². The van der Waals surface area contributed by atoms with Gasteiger partial charge >= 0.3 is 23.9 Å². The second kappa shape index (κ2) is 30.8. The minimum absolute atomic E-state index is 0.00611. The Morgan fingerprint density at radius 3 is 1.26 bits per heavy atom. The Balaban J connectivity index is 0.000000346. The number of halogens is 5. The zero-order chi connectivity index (χ0) is 56.0. The maximum atomic E-state index is 15.6. The fourth-order valence-electron chi connectivity index (χ4n) is 6.33. The highest BCUT2D eigenvalue weighted by Gasteiger charge is 2.40. The number of rotatable bonds is 25. The molecule has 0 saturated heterocycles. The van der Waals surface area contributed by atoms with E-state index in [4.69, 9.17) is 68.1 Å². The molecule has 6 atom stereocenters. The van der Waals surface area contributed by atoms with Gasteiger partial charge in [-0.2, -0.15) is 8.42 Å². The van der Waals surface area contributed by atoms with Crippen LogP contribution in [0.4, 0.5) is 8.78 Å². The first kappa shape index (κ1) is 61.9. The molecule has 0 amide bonds. The third-order valence-corrected chi connectivity index (χ3v) is 13.0. The quantitative estimate of drug-likeness (QED) is 0.0111. The molecule has 0 bridgehead atoms. The Kier molecular flexibility index (Phi) is 25.1. The van der Waals surface area contributed by atoms with E-state index in [1.807, 2.05) is 0 Å². The Bertz CT molecular complexity index is 2870. The van der Waals surface area contributed by atoms with E-state index in [2.05, 4.69) is 20.0 Å². The van der Waals surface area contributed by atoms with Crippen LogP contribution in [-0.4, -0.2) is 123 Å². The molecule has 0 aromatic heterocycles. The predicted molar refractivity (Wildman–Crippen MR) is 272 cm³/mol. The number of carbonyl (C=O) groups is 4. The summed E-state index contributed by atoms with van der Waals surface area (Å²) in [5, 5.41) is 42.7. The number of oxime groups is 2. The largest absolute Gasteiger partial charge is 0.462 e. The van der Waals surface area contributed by atoms with Crippen molar-refractivity contribution in [2.45, 2.75) is 68.9 Å². The maximum Gasteiger partial charge on any atom is 0.338 e. The van der Waals surface area contributed by atoms with E-state index in [9.17, 15) is 42.2 Å². The molecule has 5 aromatic rings. The zero-order valence-corrected chi connectivity index (χ0v) is 43.6. The Morgan fingerprint density at radius 1 is 0.539 bits per heavy atom. The first-order valence-electron chi connectivity index (χ1n) is 22.3. The number of aliphatic hydroxyl groups excluding tert-OH is 4. The second-order valence-corrected chi connectivity index (χ2v) is 18.6. The highest BCUT2D eigenvalue weighted by molar-refractivity contribution is 7.87. The van der Waals surface area contributed by atoms with Crippen molar-refractivity contribution in [1.82, 2.24) is 0 Å². The van der Waals surface area contributed by atoms with Crippen LogP contribution in [0.25, 0.3) is 0 Å². The molecule has 19 nitrogen and oxygen atoms in total. The van der Waals surface area contributed by atoms with Crippen molar-refractivity contribution < 1.29 is 89.6 Å². The topological polar surface area (TPSA) is 273 Å². The first-order valence-corrected chi connectivity index (χ1v) is 24.9. The van der Waals surface area contributed by atoms with E-state index in [0.29, 0.717) is 28.5 Å². The van der Waals surface area contributed by atoms with Gasteiger partial charge < -0.3 is 49.0 Å². The van der Waals surface area contributed by atoms with Gasteiger partial charge in [0, 0.05) is 5.92 Å². The number of carbonyl (C=O) groups excluding carboxylic acids is 4. The van der Waals surface area contributed by atoms with Crippen molar-refractivity contribution in [2.24, 2.45) is 16.2 Å². The molecule has 0 aliphatic carbocycles. The van der Waals surface area contributed by atoms with Crippen LogP contribution in [0.5, 0.6) is 0 Å². The molecule has 408 valence electrons. The summed E-state index contributed by atoms with van der Waals surface area (Å²) in [5.74, 6) is -4.21. The molecule has 4 N–H and O–H groups in total. The normalized spacial score (nSPS) is 13.8. The molecule has 5 aromatic carbocycles. The lowest BCUT2D eigenvalue weighted by atomic mass is 10.0. The lowest BCUT2D eigenvalue weighted by Crippen LogP contribution is -2.45. The van der Waals surface area contributed by atoms with Gasteiger partial charge in [0.1, 0.15) is 31.8 Å². The van der Waals surface area contributed by atoms with Crippen LogP contribution in [0.15, 0.2) is 124 Å². The van der Waals surface area contributed by atoms with Gasteiger partial charge in [0.05, 0.1) is 82.8 Å². The molecule has 5 rings (SSSR count). The van der Waals surface area contributed by atoms with Crippen LogP contribution in [0.3, 0.4) is 0 Å². The van der Waals surface area contributed by atoms with Gasteiger partial charge in [0.2, 0.25) is 0 Å².